The van der Waals surface area contributed by atoms with E-state index in [1.807, 2.05) is 32.2 Å². The van der Waals surface area contributed by atoms with Crippen LogP contribution in [0.2, 0.25) is 0 Å². The van der Waals surface area contributed by atoms with Gasteiger partial charge in [0.1, 0.15) is 11.6 Å². The summed E-state index contributed by atoms with van der Waals surface area (Å²) < 4.78 is 1.51. The minimum absolute atomic E-state index is 0.125. The van der Waals surface area contributed by atoms with Crippen molar-refractivity contribution >= 4 is 23.2 Å². The maximum Gasteiger partial charge on any atom is 0.176 e. The Hall–Kier alpha value is -1.34. The Labute approximate surface area is 110 Å². The highest BCUT2D eigenvalue weighted by atomic mass is 32.2. The summed E-state index contributed by atoms with van der Waals surface area (Å²) in [5.41, 5.74) is 0.731. The van der Waals surface area contributed by atoms with Gasteiger partial charge in [-0.25, -0.2) is 4.98 Å². The largest absolute Gasteiger partial charge is 0.395 e. The lowest BCUT2D eigenvalue weighted by atomic mass is 10.2. The van der Waals surface area contributed by atoms with E-state index < -0.39 is 0 Å². The molecule has 0 spiro atoms. The van der Waals surface area contributed by atoms with Crippen molar-refractivity contribution < 1.29 is 5.11 Å². The van der Waals surface area contributed by atoms with Crippen LogP contribution in [0, 0.1) is 6.92 Å². The second-order valence-corrected chi connectivity index (χ2v) is 5.19. The maximum absolute atomic E-state index is 9.24. The number of hydrogen-bond donors (Lipinski definition) is 2. The minimum Gasteiger partial charge on any atom is -0.395 e. The average molecular weight is 267 g/mol. The normalized spacial score (nSPS) is 14.7. The topological polar surface area (TPSA) is 75.3 Å². The summed E-state index contributed by atoms with van der Waals surface area (Å²) in [6, 6.07) is 3.86. The summed E-state index contributed by atoms with van der Waals surface area (Å²) in [4.78, 5) is 4.22. The van der Waals surface area contributed by atoms with Crippen LogP contribution in [0.5, 0.6) is 0 Å². The third-order valence-electron chi connectivity index (χ3n) is 2.73. The third-order valence-corrected chi connectivity index (χ3v) is 3.89. The number of anilines is 1. The number of hydrogen-bond acceptors (Lipinski definition) is 6. The summed E-state index contributed by atoms with van der Waals surface area (Å²) in [5, 5.41) is 21.1. The Kier molecular flexibility index (Phi) is 4.03. The van der Waals surface area contributed by atoms with E-state index in [4.69, 9.17) is 0 Å². The fourth-order valence-electron chi connectivity index (χ4n) is 1.73. The van der Waals surface area contributed by atoms with Crippen LogP contribution < -0.4 is 5.32 Å². The van der Waals surface area contributed by atoms with Crippen molar-refractivity contribution in [2.24, 2.45) is 0 Å². The van der Waals surface area contributed by atoms with Crippen LogP contribution in [0.3, 0.4) is 0 Å². The molecule has 0 radical (unpaired) electrons. The molecule has 2 atom stereocenters. The average Bonchev–Trinajstić information content (AvgIpc) is 2.70. The van der Waals surface area contributed by atoms with Gasteiger partial charge in [0.2, 0.25) is 0 Å². The molecule has 0 saturated carbocycles. The molecule has 2 heterocycles. The molecular weight excluding hydrogens is 250 g/mol. The van der Waals surface area contributed by atoms with Gasteiger partial charge in [-0.15, -0.1) is 14.8 Å². The van der Waals surface area contributed by atoms with Gasteiger partial charge in [-0.1, -0.05) is 0 Å². The lowest BCUT2D eigenvalue weighted by molar-refractivity contribution is 0.288. The van der Waals surface area contributed by atoms with E-state index in [2.05, 4.69) is 20.5 Å². The van der Waals surface area contributed by atoms with Crippen molar-refractivity contribution in [3.63, 3.8) is 0 Å². The second-order valence-electron chi connectivity index (χ2n) is 4.11. The number of aliphatic hydroxyl groups is 1. The minimum atomic E-state index is 0.125. The predicted octanol–water partition coefficient (Wildman–Crippen LogP) is 0.957. The number of aromatic nitrogens is 4. The highest BCUT2D eigenvalue weighted by Crippen LogP contribution is 2.15. The Morgan fingerprint density at radius 3 is 2.89 bits per heavy atom. The summed E-state index contributed by atoms with van der Waals surface area (Å²) in [5.74, 6) is 1.43. The van der Waals surface area contributed by atoms with Gasteiger partial charge in [0.25, 0.3) is 0 Å². The molecule has 0 aliphatic rings. The highest BCUT2D eigenvalue weighted by Gasteiger charge is 2.15. The fraction of sp³-hybridized carbons (Fsp3) is 0.545. The number of aryl methyl sites for hydroxylation is 1. The Bertz CT molecular complexity index is 525. The molecule has 7 heteroatoms. The van der Waals surface area contributed by atoms with Gasteiger partial charge in [-0.2, -0.15) is 11.8 Å². The maximum atomic E-state index is 9.24. The Morgan fingerprint density at radius 2 is 2.22 bits per heavy atom. The zero-order valence-electron chi connectivity index (χ0n) is 10.7. The standard InChI is InChI=1S/C11H17N5OS/c1-7(9(6-17)18-3)12-10-4-5-11-13-8(2)14-16(11)15-10/h4-5,7,9,17H,6H2,1-3H3,(H,12,15)/t7-,9-/m1/s1. The molecule has 6 nitrogen and oxygen atoms in total. The molecule has 18 heavy (non-hydrogen) atoms. The zero-order valence-corrected chi connectivity index (χ0v) is 11.5. The summed E-state index contributed by atoms with van der Waals surface area (Å²) in [6.07, 6.45) is 1.98. The van der Waals surface area contributed by atoms with Crippen LogP contribution >= 0.6 is 11.8 Å². The van der Waals surface area contributed by atoms with Gasteiger partial charge in [-0.3, -0.25) is 0 Å². The van der Waals surface area contributed by atoms with Crippen LogP contribution in [0.4, 0.5) is 5.82 Å². The van der Waals surface area contributed by atoms with Crippen LogP contribution in [0.1, 0.15) is 12.7 Å². The van der Waals surface area contributed by atoms with Crippen LogP contribution in [0.15, 0.2) is 12.1 Å². The molecule has 0 aromatic carbocycles. The highest BCUT2D eigenvalue weighted by molar-refractivity contribution is 7.99. The molecule has 2 aromatic heterocycles. The van der Waals surface area contributed by atoms with E-state index in [1.54, 1.807) is 11.8 Å². The molecule has 0 amide bonds. The van der Waals surface area contributed by atoms with E-state index in [0.29, 0.717) is 5.82 Å². The first-order chi connectivity index (χ1) is 8.63. The van der Waals surface area contributed by atoms with Gasteiger partial charge in [0.05, 0.1) is 6.61 Å². The first-order valence-corrected chi connectivity index (χ1v) is 7.03. The van der Waals surface area contributed by atoms with Crippen molar-refractivity contribution in [3.8, 4) is 0 Å². The molecule has 98 valence electrons. The van der Waals surface area contributed by atoms with E-state index in [1.165, 1.54) is 4.63 Å². The second kappa shape index (κ2) is 5.53. The molecule has 0 unspecified atom stereocenters. The number of rotatable bonds is 5. The van der Waals surface area contributed by atoms with Crippen LogP contribution in [-0.2, 0) is 0 Å². The SMILES string of the molecule is CS[C@H](CO)[C@@H](C)Nc1ccc2nc(C)nn2n1. The summed E-state index contributed by atoms with van der Waals surface area (Å²) >= 11 is 1.63. The van der Waals surface area contributed by atoms with Crippen molar-refractivity contribution in [3.05, 3.63) is 18.0 Å². The molecule has 2 aromatic rings. The van der Waals surface area contributed by atoms with Crippen molar-refractivity contribution in [2.45, 2.75) is 25.1 Å². The Morgan fingerprint density at radius 1 is 1.44 bits per heavy atom. The van der Waals surface area contributed by atoms with Gasteiger partial charge < -0.3 is 10.4 Å². The smallest absolute Gasteiger partial charge is 0.176 e. The lowest BCUT2D eigenvalue weighted by Gasteiger charge is -2.21. The number of nitrogens with zero attached hydrogens (tertiary/aromatic N) is 4. The monoisotopic (exact) mass is 267 g/mol. The molecule has 0 saturated heterocycles. The molecule has 0 aliphatic carbocycles. The molecular formula is C11H17N5OS. The summed E-state index contributed by atoms with van der Waals surface area (Å²) in [7, 11) is 0. The lowest BCUT2D eigenvalue weighted by Crippen LogP contribution is -2.31. The van der Waals surface area contributed by atoms with Crippen molar-refractivity contribution in [1.82, 2.24) is 19.8 Å². The number of nitrogens with one attached hydrogen (secondary N) is 1. The molecule has 0 aliphatic heterocycles. The first kappa shape index (κ1) is 13.1. The van der Waals surface area contributed by atoms with Gasteiger partial charge in [-0.05, 0) is 32.2 Å². The predicted molar refractivity (Wildman–Crippen MR) is 73.0 cm³/mol. The van der Waals surface area contributed by atoms with Crippen LogP contribution in [-0.4, -0.2) is 49.1 Å². The third kappa shape index (κ3) is 2.73. The van der Waals surface area contributed by atoms with E-state index in [0.717, 1.165) is 11.5 Å². The van der Waals surface area contributed by atoms with E-state index >= 15 is 0 Å². The van der Waals surface area contributed by atoms with E-state index in [9.17, 15) is 5.11 Å². The first-order valence-electron chi connectivity index (χ1n) is 5.75. The number of aliphatic hydroxyl groups excluding tert-OH is 1. The van der Waals surface area contributed by atoms with Gasteiger partial charge in [0, 0.05) is 11.3 Å². The molecule has 2 N–H and O–H groups in total. The molecule has 0 bridgehead atoms. The van der Waals surface area contributed by atoms with Gasteiger partial charge >= 0.3 is 0 Å². The van der Waals surface area contributed by atoms with Crippen LogP contribution in [0.25, 0.3) is 5.65 Å². The molecule has 0 fully saturated rings. The van der Waals surface area contributed by atoms with E-state index in [-0.39, 0.29) is 17.9 Å². The number of fused-ring (bicyclic) bond motifs is 1. The van der Waals surface area contributed by atoms with Crippen molar-refractivity contribution in [2.75, 3.05) is 18.2 Å². The zero-order chi connectivity index (χ0) is 13.1. The fourth-order valence-corrected chi connectivity index (χ4v) is 2.35. The summed E-state index contributed by atoms with van der Waals surface area (Å²) in [6.45, 7) is 4.00. The molecule has 2 rings (SSSR count). The quantitative estimate of drug-likeness (QED) is 0.840. The van der Waals surface area contributed by atoms with Gasteiger partial charge in [0.15, 0.2) is 5.65 Å². The Balaban J connectivity index is 2.16. The van der Waals surface area contributed by atoms with Crippen molar-refractivity contribution in [1.29, 1.82) is 0 Å². The number of thioether (sulfide) groups is 1.